The maximum atomic E-state index is 12.5. The molecule has 0 saturated carbocycles. The summed E-state index contributed by atoms with van der Waals surface area (Å²) in [6.45, 7) is 8.50. The van der Waals surface area contributed by atoms with E-state index in [0.717, 1.165) is 43.0 Å². The monoisotopic (exact) mass is 405 g/mol. The van der Waals surface area contributed by atoms with Gasteiger partial charge in [0, 0.05) is 37.4 Å². The average molecular weight is 406 g/mol. The van der Waals surface area contributed by atoms with E-state index in [0.29, 0.717) is 24.9 Å². The average Bonchev–Trinajstić information content (AvgIpc) is 3.22. The number of aryl methyl sites for hydroxylation is 1. The van der Waals surface area contributed by atoms with Gasteiger partial charge in [-0.15, -0.1) is 10.2 Å². The van der Waals surface area contributed by atoms with Gasteiger partial charge in [0.05, 0.1) is 13.1 Å². The maximum Gasteiger partial charge on any atom is 0.247 e. The third kappa shape index (κ3) is 4.93. The van der Waals surface area contributed by atoms with Crippen LogP contribution in [0.3, 0.4) is 0 Å². The van der Waals surface area contributed by atoms with Gasteiger partial charge in [-0.2, -0.15) is 0 Å². The fourth-order valence-corrected chi connectivity index (χ4v) is 3.59. The SMILES string of the molecule is Cc1cccc(NC(=O)CN2CCN(Cc3nnc(-c4ccccc4)o3)CC2)c1C. The molecule has 0 bridgehead atoms. The lowest BCUT2D eigenvalue weighted by atomic mass is 10.1. The Balaban J connectivity index is 1.25. The van der Waals surface area contributed by atoms with Crippen LogP contribution in [0.15, 0.2) is 52.9 Å². The molecule has 0 aliphatic carbocycles. The topological polar surface area (TPSA) is 74.5 Å². The lowest BCUT2D eigenvalue weighted by Gasteiger charge is -2.33. The number of rotatable bonds is 6. The molecule has 1 N–H and O–H groups in total. The molecular formula is C23H27N5O2. The molecule has 0 radical (unpaired) electrons. The normalized spacial score (nSPS) is 15.3. The molecule has 1 fully saturated rings. The predicted octanol–water partition coefficient (Wildman–Crippen LogP) is 3.11. The zero-order chi connectivity index (χ0) is 20.9. The van der Waals surface area contributed by atoms with Gasteiger partial charge in [-0.1, -0.05) is 30.3 Å². The van der Waals surface area contributed by atoms with Crippen LogP contribution in [0.1, 0.15) is 17.0 Å². The molecule has 7 heteroatoms. The zero-order valence-electron chi connectivity index (χ0n) is 17.5. The second-order valence-corrected chi connectivity index (χ2v) is 7.71. The van der Waals surface area contributed by atoms with Crippen LogP contribution in [-0.2, 0) is 11.3 Å². The highest BCUT2D eigenvalue weighted by molar-refractivity contribution is 5.93. The first-order chi connectivity index (χ1) is 14.6. The first-order valence-corrected chi connectivity index (χ1v) is 10.3. The Morgan fingerprint density at radius 3 is 2.47 bits per heavy atom. The van der Waals surface area contributed by atoms with Gasteiger partial charge in [0.15, 0.2) is 0 Å². The number of aromatic nitrogens is 2. The Hall–Kier alpha value is -3.03. The number of hydrogen-bond acceptors (Lipinski definition) is 6. The van der Waals surface area contributed by atoms with E-state index in [4.69, 9.17) is 4.42 Å². The Kier molecular flexibility index (Phi) is 6.21. The molecular weight excluding hydrogens is 378 g/mol. The summed E-state index contributed by atoms with van der Waals surface area (Å²) in [5.41, 5.74) is 4.11. The van der Waals surface area contributed by atoms with E-state index in [-0.39, 0.29) is 5.91 Å². The molecule has 1 aromatic heterocycles. The Labute approximate surface area is 176 Å². The summed E-state index contributed by atoms with van der Waals surface area (Å²) in [6, 6.07) is 15.8. The van der Waals surface area contributed by atoms with Gasteiger partial charge in [0.1, 0.15) is 0 Å². The van der Waals surface area contributed by atoms with Gasteiger partial charge in [0.25, 0.3) is 0 Å². The first kappa shape index (κ1) is 20.3. The Morgan fingerprint density at radius 1 is 0.967 bits per heavy atom. The number of benzene rings is 2. The minimum atomic E-state index is 0.0292. The molecule has 1 amide bonds. The molecule has 156 valence electrons. The number of carbonyl (C=O) groups excluding carboxylic acids is 1. The van der Waals surface area contributed by atoms with Crippen molar-refractivity contribution in [2.24, 2.45) is 0 Å². The quantitative estimate of drug-likeness (QED) is 0.679. The van der Waals surface area contributed by atoms with Crippen molar-refractivity contribution in [3.8, 4) is 11.5 Å². The van der Waals surface area contributed by atoms with Gasteiger partial charge in [-0.25, -0.2) is 0 Å². The molecule has 1 aliphatic rings. The molecule has 0 unspecified atom stereocenters. The number of anilines is 1. The van der Waals surface area contributed by atoms with Crippen LogP contribution in [0, 0.1) is 13.8 Å². The number of carbonyl (C=O) groups is 1. The molecule has 2 heterocycles. The summed E-state index contributed by atoms with van der Waals surface area (Å²) in [4.78, 5) is 16.9. The second-order valence-electron chi connectivity index (χ2n) is 7.71. The smallest absolute Gasteiger partial charge is 0.247 e. The van der Waals surface area contributed by atoms with Crippen molar-refractivity contribution in [3.63, 3.8) is 0 Å². The minimum Gasteiger partial charge on any atom is -0.419 e. The molecule has 1 saturated heterocycles. The number of hydrogen-bond donors (Lipinski definition) is 1. The number of piperazine rings is 1. The van der Waals surface area contributed by atoms with Crippen LogP contribution < -0.4 is 5.32 Å². The number of nitrogens with zero attached hydrogens (tertiary/aromatic N) is 4. The van der Waals surface area contributed by atoms with E-state index < -0.39 is 0 Å². The Morgan fingerprint density at radius 2 is 1.70 bits per heavy atom. The third-order valence-corrected chi connectivity index (χ3v) is 5.56. The molecule has 4 rings (SSSR count). The highest BCUT2D eigenvalue weighted by atomic mass is 16.4. The van der Waals surface area contributed by atoms with Gasteiger partial charge in [-0.05, 0) is 43.2 Å². The van der Waals surface area contributed by atoms with Gasteiger partial charge >= 0.3 is 0 Å². The summed E-state index contributed by atoms with van der Waals surface area (Å²) in [5, 5.41) is 11.4. The van der Waals surface area contributed by atoms with Gasteiger partial charge in [0.2, 0.25) is 17.7 Å². The van der Waals surface area contributed by atoms with Gasteiger partial charge in [-0.3, -0.25) is 14.6 Å². The third-order valence-electron chi connectivity index (χ3n) is 5.56. The van der Waals surface area contributed by atoms with Crippen LogP contribution in [0.4, 0.5) is 5.69 Å². The lowest BCUT2D eigenvalue weighted by Crippen LogP contribution is -2.48. The molecule has 1 aliphatic heterocycles. The maximum absolute atomic E-state index is 12.5. The molecule has 3 aromatic rings. The summed E-state index contributed by atoms with van der Waals surface area (Å²) in [5.74, 6) is 1.20. The van der Waals surface area contributed by atoms with Crippen molar-refractivity contribution >= 4 is 11.6 Å². The summed E-state index contributed by atoms with van der Waals surface area (Å²) in [6.07, 6.45) is 0. The summed E-state index contributed by atoms with van der Waals surface area (Å²) < 4.78 is 5.81. The molecule has 7 nitrogen and oxygen atoms in total. The van der Waals surface area contributed by atoms with Crippen LogP contribution in [0.25, 0.3) is 11.5 Å². The number of nitrogens with one attached hydrogen (secondary N) is 1. The van der Waals surface area contributed by atoms with Crippen molar-refractivity contribution < 1.29 is 9.21 Å². The van der Waals surface area contributed by atoms with E-state index in [1.807, 2.05) is 49.4 Å². The van der Waals surface area contributed by atoms with E-state index in [1.54, 1.807) is 0 Å². The van der Waals surface area contributed by atoms with Crippen LogP contribution >= 0.6 is 0 Å². The van der Waals surface area contributed by atoms with Crippen LogP contribution in [0.5, 0.6) is 0 Å². The number of amides is 1. The van der Waals surface area contributed by atoms with Crippen molar-refractivity contribution in [2.45, 2.75) is 20.4 Å². The minimum absolute atomic E-state index is 0.0292. The largest absolute Gasteiger partial charge is 0.419 e. The molecule has 0 spiro atoms. The van der Waals surface area contributed by atoms with E-state index in [2.05, 4.69) is 38.3 Å². The highest BCUT2D eigenvalue weighted by Gasteiger charge is 2.21. The van der Waals surface area contributed by atoms with Gasteiger partial charge < -0.3 is 9.73 Å². The summed E-state index contributed by atoms with van der Waals surface area (Å²) >= 11 is 0. The second kappa shape index (κ2) is 9.19. The van der Waals surface area contributed by atoms with Crippen molar-refractivity contribution in [1.82, 2.24) is 20.0 Å². The summed E-state index contributed by atoms with van der Waals surface area (Å²) in [7, 11) is 0. The first-order valence-electron chi connectivity index (χ1n) is 10.3. The predicted molar refractivity (Wildman–Crippen MR) is 116 cm³/mol. The van der Waals surface area contributed by atoms with E-state index >= 15 is 0 Å². The Bertz CT molecular complexity index is 994. The van der Waals surface area contributed by atoms with E-state index in [9.17, 15) is 4.79 Å². The molecule has 0 atom stereocenters. The highest BCUT2D eigenvalue weighted by Crippen LogP contribution is 2.19. The van der Waals surface area contributed by atoms with Crippen molar-refractivity contribution in [2.75, 3.05) is 38.0 Å². The van der Waals surface area contributed by atoms with E-state index in [1.165, 1.54) is 5.56 Å². The van der Waals surface area contributed by atoms with Crippen LogP contribution in [-0.4, -0.2) is 58.6 Å². The standard InChI is InChI=1S/C23H27N5O2/c1-17-7-6-10-20(18(17)2)24-21(29)15-27-11-13-28(14-12-27)16-22-25-26-23(30-22)19-8-4-3-5-9-19/h3-10H,11-16H2,1-2H3,(H,24,29). The lowest BCUT2D eigenvalue weighted by molar-refractivity contribution is -0.117. The fraction of sp³-hybridized carbons (Fsp3) is 0.348. The molecule has 2 aromatic carbocycles. The van der Waals surface area contributed by atoms with Crippen molar-refractivity contribution in [1.29, 1.82) is 0 Å². The van der Waals surface area contributed by atoms with Crippen LogP contribution in [0.2, 0.25) is 0 Å². The molecule has 30 heavy (non-hydrogen) atoms. The zero-order valence-corrected chi connectivity index (χ0v) is 17.5. The fourth-order valence-electron chi connectivity index (χ4n) is 3.59. The van der Waals surface area contributed by atoms with Crippen molar-refractivity contribution in [3.05, 3.63) is 65.5 Å².